The fourth-order valence-corrected chi connectivity index (χ4v) is 2.66. The van der Waals surface area contributed by atoms with Crippen LogP contribution >= 0.6 is 0 Å². The number of carbonyl (C=O) groups excluding carboxylic acids is 1. The topological polar surface area (TPSA) is 63.7 Å². The Bertz CT molecular complexity index is 670. The first-order valence-corrected chi connectivity index (χ1v) is 8.57. The van der Waals surface area contributed by atoms with E-state index in [2.05, 4.69) is 15.2 Å². The summed E-state index contributed by atoms with van der Waals surface area (Å²) in [5, 5.41) is 2.83. The summed E-state index contributed by atoms with van der Waals surface area (Å²) in [6.07, 6.45) is 1.80. The molecular weight excluding hydrogens is 318 g/mol. The van der Waals surface area contributed by atoms with Crippen LogP contribution in [0.2, 0.25) is 0 Å². The lowest BCUT2D eigenvalue weighted by Gasteiger charge is -2.28. The number of benzene rings is 1. The molecule has 1 amide bonds. The van der Waals surface area contributed by atoms with Gasteiger partial charge in [0.05, 0.1) is 25.1 Å². The minimum Gasteiger partial charge on any atom is -0.481 e. The van der Waals surface area contributed by atoms with Crippen LogP contribution < -0.4 is 15.0 Å². The summed E-state index contributed by atoms with van der Waals surface area (Å²) in [7, 11) is 0. The normalized spacial score (nSPS) is 15.5. The quantitative estimate of drug-likeness (QED) is 0.875. The van der Waals surface area contributed by atoms with Crippen molar-refractivity contribution in [3.05, 3.63) is 48.7 Å². The third-order valence-electron chi connectivity index (χ3n) is 4.06. The number of morpholine rings is 1. The van der Waals surface area contributed by atoms with Gasteiger partial charge in [-0.05, 0) is 30.7 Å². The first-order valence-electron chi connectivity index (χ1n) is 8.57. The SMILES string of the molecule is CCC(Oc1ccccc1)C(=O)Nc1ccc(N2CCOCC2)cn1. The van der Waals surface area contributed by atoms with E-state index in [0.717, 1.165) is 32.0 Å². The van der Waals surface area contributed by atoms with Crippen LogP contribution in [-0.2, 0) is 9.53 Å². The van der Waals surface area contributed by atoms with Gasteiger partial charge in [-0.15, -0.1) is 0 Å². The van der Waals surface area contributed by atoms with Crippen LogP contribution in [0.1, 0.15) is 13.3 Å². The molecule has 1 aliphatic heterocycles. The monoisotopic (exact) mass is 341 g/mol. The first-order chi connectivity index (χ1) is 12.3. The number of rotatable bonds is 6. The first kappa shape index (κ1) is 17.2. The van der Waals surface area contributed by atoms with Crippen molar-refractivity contribution in [3.63, 3.8) is 0 Å². The van der Waals surface area contributed by atoms with Crippen LogP contribution in [0, 0.1) is 0 Å². The maximum absolute atomic E-state index is 12.4. The second kappa shape index (κ2) is 8.48. The van der Waals surface area contributed by atoms with Crippen LogP contribution in [0.15, 0.2) is 48.7 Å². The van der Waals surface area contributed by atoms with E-state index in [-0.39, 0.29) is 5.91 Å². The molecule has 2 aromatic rings. The van der Waals surface area contributed by atoms with E-state index in [9.17, 15) is 4.79 Å². The Hall–Kier alpha value is -2.60. The van der Waals surface area contributed by atoms with Gasteiger partial charge >= 0.3 is 0 Å². The van der Waals surface area contributed by atoms with Crippen molar-refractivity contribution in [3.8, 4) is 5.75 Å². The number of hydrogen-bond donors (Lipinski definition) is 1. The molecule has 6 heteroatoms. The van der Waals surface area contributed by atoms with Gasteiger partial charge in [-0.25, -0.2) is 4.98 Å². The van der Waals surface area contributed by atoms with Gasteiger partial charge in [-0.3, -0.25) is 4.79 Å². The third-order valence-corrected chi connectivity index (χ3v) is 4.06. The number of anilines is 2. The smallest absolute Gasteiger partial charge is 0.266 e. The zero-order valence-electron chi connectivity index (χ0n) is 14.4. The highest BCUT2D eigenvalue weighted by atomic mass is 16.5. The highest BCUT2D eigenvalue weighted by Crippen LogP contribution is 2.18. The summed E-state index contributed by atoms with van der Waals surface area (Å²) in [6, 6.07) is 13.1. The van der Waals surface area contributed by atoms with Gasteiger partial charge in [0.25, 0.3) is 5.91 Å². The Labute approximate surface area is 147 Å². The summed E-state index contributed by atoms with van der Waals surface area (Å²) in [5.74, 6) is 1.01. The number of amides is 1. The van der Waals surface area contributed by atoms with Gasteiger partial charge in [0.1, 0.15) is 11.6 Å². The Morgan fingerprint density at radius 2 is 2.00 bits per heavy atom. The predicted octanol–water partition coefficient (Wildman–Crippen LogP) is 2.71. The lowest BCUT2D eigenvalue weighted by molar-refractivity contribution is -0.122. The number of ether oxygens (including phenoxy) is 2. The molecule has 1 saturated heterocycles. The maximum Gasteiger partial charge on any atom is 0.266 e. The number of para-hydroxylation sites is 1. The number of aromatic nitrogens is 1. The van der Waals surface area contributed by atoms with Crippen LogP contribution in [0.5, 0.6) is 5.75 Å². The average Bonchev–Trinajstić information content (AvgIpc) is 2.68. The highest BCUT2D eigenvalue weighted by molar-refractivity contribution is 5.93. The van der Waals surface area contributed by atoms with Crippen molar-refractivity contribution in [1.29, 1.82) is 0 Å². The van der Waals surface area contributed by atoms with Crippen molar-refractivity contribution in [1.82, 2.24) is 4.98 Å². The molecule has 3 rings (SSSR count). The van der Waals surface area contributed by atoms with Crippen molar-refractivity contribution in [2.75, 3.05) is 36.5 Å². The minimum atomic E-state index is -0.553. The molecule has 132 valence electrons. The molecule has 1 aliphatic rings. The summed E-state index contributed by atoms with van der Waals surface area (Å²) < 4.78 is 11.1. The van der Waals surface area contributed by atoms with E-state index >= 15 is 0 Å². The second-order valence-corrected chi connectivity index (χ2v) is 5.82. The van der Waals surface area contributed by atoms with Crippen LogP contribution in [0.3, 0.4) is 0 Å². The largest absolute Gasteiger partial charge is 0.481 e. The molecule has 0 aliphatic carbocycles. The fraction of sp³-hybridized carbons (Fsp3) is 0.368. The molecule has 1 aromatic carbocycles. The lowest BCUT2D eigenvalue weighted by Crippen LogP contribution is -2.36. The lowest BCUT2D eigenvalue weighted by atomic mass is 10.2. The van der Waals surface area contributed by atoms with Gasteiger partial charge in [-0.2, -0.15) is 0 Å². The maximum atomic E-state index is 12.4. The molecule has 2 heterocycles. The molecular formula is C19H23N3O3. The number of carbonyl (C=O) groups is 1. The number of hydrogen-bond acceptors (Lipinski definition) is 5. The summed E-state index contributed by atoms with van der Waals surface area (Å²) >= 11 is 0. The minimum absolute atomic E-state index is 0.196. The molecule has 0 radical (unpaired) electrons. The van der Waals surface area contributed by atoms with E-state index < -0.39 is 6.10 Å². The number of nitrogens with one attached hydrogen (secondary N) is 1. The van der Waals surface area contributed by atoms with Crippen molar-refractivity contribution >= 4 is 17.4 Å². The van der Waals surface area contributed by atoms with Crippen molar-refractivity contribution in [2.24, 2.45) is 0 Å². The highest BCUT2D eigenvalue weighted by Gasteiger charge is 2.19. The molecule has 1 N–H and O–H groups in total. The molecule has 1 atom stereocenters. The van der Waals surface area contributed by atoms with E-state index in [0.29, 0.717) is 18.0 Å². The van der Waals surface area contributed by atoms with E-state index in [4.69, 9.17) is 9.47 Å². The molecule has 0 saturated carbocycles. The molecule has 25 heavy (non-hydrogen) atoms. The molecule has 0 spiro atoms. The zero-order valence-corrected chi connectivity index (χ0v) is 14.4. The van der Waals surface area contributed by atoms with E-state index in [1.165, 1.54) is 0 Å². The van der Waals surface area contributed by atoms with Gasteiger partial charge in [0, 0.05) is 13.1 Å². The molecule has 1 unspecified atom stereocenters. The van der Waals surface area contributed by atoms with E-state index in [1.807, 2.05) is 49.4 Å². The number of pyridine rings is 1. The van der Waals surface area contributed by atoms with Crippen LogP contribution in [0.4, 0.5) is 11.5 Å². The summed E-state index contributed by atoms with van der Waals surface area (Å²) in [6.45, 7) is 5.09. The van der Waals surface area contributed by atoms with Gasteiger partial charge in [0.15, 0.2) is 6.10 Å². The second-order valence-electron chi connectivity index (χ2n) is 5.82. The van der Waals surface area contributed by atoms with Gasteiger partial charge < -0.3 is 19.7 Å². The molecule has 1 fully saturated rings. The fourth-order valence-electron chi connectivity index (χ4n) is 2.66. The molecule has 0 bridgehead atoms. The van der Waals surface area contributed by atoms with Crippen LogP contribution in [-0.4, -0.2) is 43.3 Å². The van der Waals surface area contributed by atoms with E-state index in [1.54, 1.807) is 6.20 Å². The van der Waals surface area contributed by atoms with Crippen molar-refractivity contribution < 1.29 is 14.3 Å². The third kappa shape index (κ3) is 4.70. The molecule has 6 nitrogen and oxygen atoms in total. The number of nitrogens with zero attached hydrogens (tertiary/aromatic N) is 2. The predicted molar refractivity (Wildman–Crippen MR) is 97.0 cm³/mol. The summed E-state index contributed by atoms with van der Waals surface area (Å²) in [5.41, 5.74) is 1.04. The van der Waals surface area contributed by atoms with Gasteiger partial charge in [-0.1, -0.05) is 25.1 Å². The Balaban J connectivity index is 1.59. The molecule has 1 aromatic heterocycles. The summed E-state index contributed by atoms with van der Waals surface area (Å²) in [4.78, 5) is 19.0. The van der Waals surface area contributed by atoms with Gasteiger partial charge in [0.2, 0.25) is 0 Å². The zero-order chi connectivity index (χ0) is 17.5. The Morgan fingerprint density at radius 3 is 2.64 bits per heavy atom. The Morgan fingerprint density at radius 1 is 1.24 bits per heavy atom. The Kier molecular flexibility index (Phi) is 5.85. The standard InChI is InChI=1S/C19H23N3O3/c1-2-17(25-16-6-4-3-5-7-16)19(23)21-18-9-8-15(14-20-18)22-10-12-24-13-11-22/h3-9,14,17H,2,10-13H2,1H3,(H,20,21,23). The average molecular weight is 341 g/mol. The van der Waals surface area contributed by atoms with Crippen LogP contribution in [0.25, 0.3) is 0 Å². The van der Waals surface area contributed by atoms with Crippen molar-refractivity contribution in [2.45, 2.75) is 19.4 Å².